The maximum atomic E-state index is 5.19. The molecule has 0 aliphatic heterocycles. The first kappa shape index (κ1) is 15.4. The highest BCUT2D eigenvalue weighted by molar-refractivity contribution is 5.27. The van der Waals surface area contributed by atoms with Gasteiger partial charge >= 0.3 is 0 Å². The molecule has 0 saturated heterocycles. The third-order valence-corrected chi connectivity index (χ3v) is 4.67. The van der Waals surface area contributed by atoms with Gasteiger partial charge in [-0.25, -0.2) is 0 Å². The van der Waals surface area contributed by atoms with Gasteiger partial charge in [-0.2, -0.15) is 0 Å². The molecule has 2 unspecified atom stereocenters. The van der Waals surface area contributed by atoms with Crippen LogP contribution in [0.4, 0.5) is 0 Å². The van der Waals surface area contributed by atoms with Gasteiger partial charge in [-0.05, 0) is 61.3 Å². The number of ether oxygens (including phenoxy) is 1. The quantitative estimate of drug-likeness (QED) is 0.875. The van der Waals surface area contributed by atoms with Crippen LogP contribution in [0.3, 0.4) is 0 Å². The van der Waals surface area contributed by atoms with E-state index in [1.165, 1.54) is 24.8 Å². The first-order valence-electron chi connectivity index (χ1n) is 7.86. The van der Waals surface area contributed by atoms with Gasteiger partial charge in [0.15, 0.2) is 0 Å². The fourth-order valence-corrected chi connectivity index (χ4v) is 3.44. The summed E-state index contributed by atoms with van der Waals surface area (Å²) in [7, 11) is 1.71. The van der Waals surface area contributed by atoms with Crippen LogP contribution in [0.25, 0.3) is 0 Å². The van der Waals surface area contributed by atoms with E-state index in [9.17, 15) is 0 Å². The molecular weight excluding hydrogens is 246 g/mol. The fraction of sp³-hybridized carbons (Fsp3) is 0.667. The van der Waals surface area contributed by atoms with Crippen LogP contribution in [0.2, 0.25) is 0 Å². The lowest BCUT2D eigenvalue weighted by Crippen LogP contribution is -2.42. The Hall–Kier alpha value is -1.02. The van der Waals surface area contributed by atoms with Crippen molar-refractivity contribution in [3.63, 3.8) is 0 Å². The summed E-state index contributed by atoms with van der Waals surface area (Å²) >= 11 is 0. The zero-order valence-electron chi connectivity index (χ0n) is 13.4. The number of hydrogen-bond acceptors (Lipinski definition) is 2. The highest BCUT2D eigenvalue weighted by atomic mass is 16.5. The van der Waals surface area contributed by atoms with Gasteiger partial charge in [0.05, 0.1) is 7.11 Å². The Balaban J connectivity index is 1.75. The molecule has 1 aliphatic carbocycles. The average molecular weight is 275 g/mol. The largest absolute Gasteiger partial charge is 0.497 e. The molecule has 2 rings (SSSR count). The van der Waals surface area contributed by atoms with Crippen LogP contribution in [-0.2, 0) is 6.42 Å². The molecule has 2 atom stereocenters. The number of nitrogens with one attached hydrogen (secondary N) is 1. The predicted octanol–water partition coefficient (Wildman–Crippen LogP) is 4.04. The first-order valence-corrected chi connectivity index (χ1v) is 7.86. The number of rotatable bonds is 5. The SMILES string of the molecule is COc1ccc(CCNC2CCC(C)(C)CC2C)cc1. The zero-order chi connectivity index (χ0) is 14.6. The van der Waals surface area contributed by atoms with E-state index in [0.717, 1.165) is 24.6 Å². The summed E-state index contributed by atoms with van der Waals surface area (Å²) in [6.07, 6.45) is 5.10. The van der Waals surface area contributed by atoms with Gasteiger partial charge in [-0.3, -0.25) is 0 Å². The first-order chi connectivity index (χ1) is 9.50. The van der Waals surface area contributed by atoms with Gasteiger partial charge < -0.3 is 10.1 Å². The third kappa shape index (κ3) is 4.24. The summed E-state index contributed by atoms with van der Waals surface area (Å²) < 4.78 is 5.19. The van der Waals surface area contributed by atoms with Crippen LogP contribution in [0.15, 0.2) is 24.3 Å². The normalized spacial score (nSPS) is 25.4. The van der Waals surface area contributed by atoms with Crippen molar-refractivity contribution in [2.45, 2.75) is 52.5 Å². The van der Waals surface area contributed by atoms with Gasteiger partial charge in [-0.1, -0.05) is 32.9 Å². The van der Waals surface area contributed by atoms with Crippen molar-refractivity contribution in [2.75, 3.05) is 13.7 Å². The Morgan fingerprint density at radius 3 is 2.55 bits per heavy atom. The van der Waals surface area contributed by atoms with E-state index in [1.54, 1.807) is 7.11 Å². The maximum absolute atomic E-state index is 5.19. The molecule has 1 saturated carbocycles. The molecule has 1 N–H and O–H groups in total. The van der Waals surface area contributed by atoms with E-state index in [0.29, 0.717) is 11.5 Å². The van der Waals surface area contributed by atoms with E-state index < -0.39 is 0 Å². The molecule has 112 valence electrons. The fourth-order valence-electron chi connectivity index (χ4n) is 3.44. The van der Waals surface area contributed by atoms with Crippen molar-refractivity contribution in [3.05, 3.63) is 29.8 Å². The van der Waals surface area contributed by atoms with Crippen LogP contribution >= 0.6 is 0 Å². The standard InChI is InChI=1S/C18H29NO/c1-14-13-18(2,3)11-9-17(14)19-12-10-15-5-7-16(20-4)8-6-15/h5-8,14,17,19H,9-13H2,1-4H3. The van der Waals surface area contributed by atoms with Crippen molar-refractivity contribution in [2.24, 2.45) is 11.3 Å². The summed E-state index contributed by atoms with van der Waals surface area (Å²) in [5.74, 6) is 1.72. The molecule has 2 nitrogen and oxygen atoms in total. The summed E-state index contributed by atoms with van der Waals surface area (Å²) in [6.45, 7) is 8.27. The minimum absolute atomic E-state index is 0.535. The third-order valence-electron chi connectivity index (χ3n) is 4.67. The van der Waals surface area contributed by atoms with Gasteiger partial charge in [-0.15, -0.1) is 0 Å². The lowest BCUT2D eigenvalue weighted by molar-refractivity contribution is 0.149. The summed E-state index contributed by atoms with van der Waals surface area (Å²) in [4.78, 5) is 0. The minimum atomic E-state index is 0.535. The van der Waals surface area contributed by atoms with Crippen LogP contribution in [0.1, 0.15) is 45.6 Å². The van der Waals surface area contributed by atoms with Gasteiger partial charge in [0.2, 0.25) is 0 Å². The molecule has 1 aromatic carbocycles. The second-order valence-electron chi connectivity index (χ2n) is 7.04. The Morgan fingerprint density at radius 1 is 1.25 bits per heavy atom. The highest BCUT2D eigenvalue weighted by Crippen LogP contribution is 2.38. The van der Waals surface area contributed by atoms with Gasteiger partial charge in [0, 0.05) is 6.04 Å². The van der Waals surface area contributed by atoms with E-state index in [1.807, 2.05) is 12.1 Å². The molecule has 0 aromatic heterocycles. The van der Waals surface area contributed by atoms with Gasteiger partial charge in [0.25, 0.3) is 0 Å². The lowest BCUT2D eigenvalue weighted by Gasteiger charge is -2.39. The molecule has 0 spiro atoms. The van der Waals surface area contributed by atoms with Crippen molar-refractivity contribution in [1.29, 1.82) is 0 Å². The van der Waals surface area contributed by atoms with Crippen LogP contribution in [0, 0.1) is 11.3 Å². The van der Waals surface area contributed by atoms with Crippen molar-refractivity contribution in [1.82, 2.24) is 5.32 Å². The van der Waals surface area contributed by atoms with Crippen LogP contribution < -0.4 is 10.1 Å². The number of benzene rings is 1. The lowest BCUT2D eigenvalue weighted by atomic mass is 9.70. The molecule has 0 heterocycles. The predicted molar refractivity (Wildman–Crippen MR) is 85.3 cm³/mol. The Kier molecular flexibility index (Phi) is 5.09. The highest BCUT2D eigenvalue weighted by Gasteiger charge is 2.31. The average Bonchev–Trinajstić information content (AvgIpc) is 2.41. The Morgan fingerprint density at radius 2 is 1.95 bits per heavy atom. The van der Waals surface area contributed by atoms with E-state index >= 15 is 0 Å². The summed E-state index contributed by atoms with van der Waals surface area (Å²) in [6, 6.07) is 9.10. The van der Waals surface area contributed by atoms with Crippen molar-refractivity contribution < 1.29 is 4.74 Å². The minimum Gasteiger partial charge on any atom is -0.497 e. The van der Waals surface area contributed by atoms with E-state index in [4.69, 9.17) is 4.74 Å². The van der Waals surface area contributed by atoms with Crippen LogP contribution in [0.5, 0.6) is 5.75 Å². The molecular formula is C18H29NO. The molecule has 0 amide bonds. The molecule has 0 radical (unpaired) electrons. The maximum Gasteiger partial charge on any atom is 0.118 e. The monoisotopic (exact) mass is 275 g/mol. The molecule has 1 aliphatic rings. The Bertz CT molecular complexity index is 410. The molecule has 1 fully saturated rings. The summed E-state index contributed by atoms with van der Waals surface area (Å²) in [5.41, 5.74) is 1.91. The molecule has 20 heavy (non-hydrogen) atoms. The number of hydrogen-bond donors (Lipinski definition) is 1. The second kappa shape index (κ2) is 6.62. The van der Waals surface area contributed by atoms with Crippen molar-refractivity contribution >= 4 is 0 Å². The molecule has 2 heteroatoms. The number of methoxy groups -OCH3 is 1. The topological polar surface area (TPSA) is 21.3 Å². The smallest absolute Gasteiger partial charge is 0.118 e. The van der Waals surface area contributed by atoms with Crippen molar-refractivity contribution in [3.8, 4) is 5.75 Å². The van der Waals surface area contributed by atoms with Gasteiger partial charge in [0.1, 0.15) is 5.75 Å². The Labute approximate surface area is 123 Å². The summed E-state index contributed by atoms with van der Waals surface area (Å²) in [5, 5.41) is 3.75. The van der Waals surface area contributed by atoms with Crippen LogP contribution in [-0.4, -0.2) is 19.7 Å². The second-order valence-corrected chi connectivity index (χ2v) is 7.04. The van der Waals surface area contributed by atoms with E-state index in [-0.39, 0.29) is 0 Å². The molecule has 1 aromatic rings. The molecule has 0 bridgehead atoms. The zero-order valence-corrected chi connectivity index (χ0v) is 13.4. The van der Waals surface area contributed by atoms with E-state index in [2.05, 4.69) is 38.2 Å².